The molecule has 2 heterocycles. The molecule has 0 unspecified atom stereocenters. The molecule has 6 nitrogen and oxygen atoms in total. The summed E-state index contributed by atoms with van der Waals surface area (Å²) in [6.45, 7) is 6.15. The molecule has 0 aliphatic rings. The second-order valence-electron chi connectivity index (χ2n) is 5.34. The quantitative estimate of drug-likeness (QED) is 0.752. The zero-order valence-electron chi connectivity index (χ0n) is 12.8. The van der Waals surface area contributed by atoms with Crippen LogP contribution in [-0.2, 0) is 6.42 Å². The Morgan fingerprint density at radius 3 is 2.50 bits per heavy atom. The first-order valence-corrected chi connectivity index (χ1v) is 7.71. The van der Waals surface area contributed by atoms with Crippen molar-refractivity contribution < 1.29 is 0 Å². The Morgan fingerprint density at radius 1 is 1.18 bits per heavy atom. The van der Waals surface area contributed by atoms with Crippen molar-refractivity contribution >= 4 is 12.6 Å². The van der Waals surface area contributed by atoms with Gasteiger partial charge in [0.2, 0.25) is 5.82 Å². The maximum absolute atomic E-state index is 4.58. The van der Waals surface area contributed by atoms with E-state index in [4.69, 9.17) is 0 Å². The predicted octanol–water partition coefficient (Wildman–Crippen LogP) is 2.96. The van der Waals surface area contributed by atoms with Crippen LogP contribution in [0.1, 0.15) is 32.4 Å². The van der Waals surface area contributed by atoms with E-state index in [9.17, 15) is 0 Å². The normalized spacial score (nSPS) is 11.3. The summed E-state index contributed by atoms with van der Waals surface area (Å²) in [6.07, 6.45) is 2.73. The summed E-state index contributed by atoms with van der Waals surface area (Å²) in [5.74, 6) is 0.537. The van der Waals surface area contributed by atoms with Crippen molar-refractivity contribution in [2.45, 2.75) is 38.3 Å². The average molecular weight is 314 g/mol. The van der Waals surface area contributed by atoms with Crippen molar-refractivity contribution in [1.82, 2.24) is 30.0 Å². The first-order chi connectivity index (χ1) is 10.6. The van der Waals surface area contributed by atoms with Gasteiger partial charge >= 0.3 is 0 Å². The average Bonchev–Trinajstić information content (AvgIpc) is 3.14. The van der Waals surface area contributed by atoms with Gasteiger partial charge in [-0.2, -0.15) is 9.90 Å². The molecule has 0 atom stereocenters. The lowest BCUT2D eigenvalue weighted by molar-refractivity contribution is 0.455. The zero-order chi connectivity index (χ0) is 15.7. The van der Waals surface area contributed by atoms with Crippen molar-refractivity contribution in [1.29, 1.82) is 0 Å². The standard InChI is InChI=1S/C15H18N6S/c1-4-11-5-7-12(8-6-11)20-15(22)13(9-16-20)14-17-19-21(18-14)10(2)3/h5-10,22H,4H2,1-3H3. The van der Waals surface area contributed by atoms with Crippen LogP contribution in [0.15, 0.2) is 35.5 Å². The molecule has 114 valence electrons. The second kappa shape index (κ2) is 5.92. The van der Waals surface area contributed by atoms with Crippen LogP contribution in [0.4, 0.5) is 0 Å². The minimum absolute atomic E-state index is 0.168. The molecule has 22 heavy (non-hydrogen) atoms. The molecule has 0 aliphatic carbocycles. The van der Waals surface area contributed by atoms with Crippen molar-refractivity contribution in [3.8, 4) is 17.1 Å². The largest absolute Gasteiger partial charge is 0.227 e. The van der Waals surface area contributed by atoms with E-state index in [-0.39, 0.29) is 6.04 Å². The molecule has 2 aromatic heterocycles. The summed E-state index contributed by atoms with van der Waals surface area (Å²) in [5, 5.41) is 17.6. The first kappa shape index (κ1) is 14.8. The molecule has 0 bridgehead atoms. The molecule has 0 saturated carbocycles. The van der Waals surface area contributed by atoms with Crippen molar-refractivity contribution in [2.75, 3.05) is 0 Å². The van der Waals surface area contributed by atoms with Gasteiger partial charge in [-0.25, -0.2) is 4.68 Å². The molecule has 0 spiro atoms. The Bertz CT molecular complexity index is 772. The Balaban J connectivity index is 1.96. The maximum atomic E-state index is 4.58. The lowest BCUT2D eigenvalue weighted by Crippen LogP contribution is -2.04. The fraction of sp³-hybridized carbons (Fsp3) is 0.333. The molecule has 7 heteroatoms. The minimum Gasteiger partial charge on any atom is -0.227 e. The minimum atomic E-state index is 0.168. The number of rotatable bonds is 4. The van der Waals surface area contributed by atoms with Gasteiger partial charge in [-0.05, 0) is 43.2 Å². The maximum Gasteiger partial charge on any atom is 0.209 e. The second-order valence-corrected chi connectivity index (χ2v) is 5.76. The Hall–Kier alpha value is -2.15. The highest BCUT2D eigenvalue weighted by molar-refractivity contribution is 7.80. The van der Waals surface area contributed by atoms with E-state index >= 15 is 0 Å². The lowest BCUT2D eigenvalue weighted by Gasteiger charge is -2.05. The van der Waals surface area contributed by atoms with E-state index in [0.717, 1.165) is 17.7 Å². The molecule has 3 aromatic rings. The molecule has 0 amide bonds. The molecule has 3 rings (SSSR count). The van der Waals surface area contributed by atoms with Crippen molar-refractivity contribution in [3.63, 3.8) is 0 Å². The summed E-state index contributed by atoms with van der Waals surface area (Å²) >= 11 is 4.58. The number of nitrogens with zero attached hydrogens (tertiary/aromatic N) is 6. The van der Waals surface area contributed by atoms with Gasteiger partial charge in [0.15, 0.2) is 0 Å². The highest BCUT2D eigenvalue weighted by Crippen LogP contribution is 2.25. The molecule has 0 N–H and O–H groups in total. The summed E-state index contributed by atoms with van der Waals surface area (Å²) in [6, 6.07) is 8.43. The van der Waals surface area contributed by atoms with E-state index in [2.05, 4.69) is 52.2 Å². The summed E-state index contributed by atoms with van der Waals surface area (Å²) in [5.41, 5.74) is 3.03. The zero-order valence-corrected chi connectivity index (χ0v) is 13.7. The van der Waals surface area contributed by atoms with E-state index in [0.29, 0.717) is 10.9 Å². The topological polar surface area (TPSA) is 61.4 Å². The number of hydrogen-bond acceptors (Lipinski definition) is 5. The van der Waals surface area contributed by atoms with E-state index in [1.165, 1.54) is 5.56 Å². The summed E-state index contributed by atoms with van der Waals surface area (Å²) in [7, 11) is 0. The Labute approximate surface area is 134 Å². The van der Waals surface area contributed by atoms with Crippen LogP contribution >= 0.6 is 12.6 Å². The van der Waals surface area contributed by atoms with Crippen LogP contribution in [0.5, 0.6) is 0 Å². The molecular weight excluding hydrogens is 296 g/mol. The van der Waals surface area contributed by atoms with Crippen molar-refractivity contribution in [3.05, 3.63) is 36.0 Å². The number of thiol groups is 1. The molecule has 0 radical (unpaired) electrons. The highest BCUT2D eigenvalue weighted by Gasteiger charge is 2.16. The third-order valence-corrected chi connectivity index (χ3v) is 3.89. The molecular formula is C15H18N6S. The molecule has 0 fully saturated rings. The predicted molar refractivity (Wildman–Crippen MR) is 87.4 cm³/mol. The summed E-state index contributed by atoms with van der Waals surface area (Å²) < 4.78 is 1.77. The fourth-order valence-corrected chi connectivity index (χ4v) is 2.44. The van der Waals surface area contributed by atoms with Crippen LogP contribution in [0.3, 0.4) is 0 Å². The van der Waals surface area contributed by atoms with Gasteiger partial charge < -0.3 is 0 Å². The smallest absolute Gasteiger partial charge is 0.209 e. The molecule has 0 aliphatic heterocycles. The van der Waals surface area contributed by atoms with Crippen LogP contribution in [0.25, 0.3) is 17.1 Å². The van der Waals surface area contributed by atoms with Crippen molar-refractivity contribution in [2.24, 2.45) is 0 Å². The SMILES string of the molecule is CCc1ccc(-n2ncc(-c3nnn(C(C)C)n3)c2S)cc1. The van der Waals surface area contributed by atoms with Crippen LogP contribution < -0.4 is 0 Å². The Morgan fingerprint density at radius 2 is 1.91 bits per heavy atom. The number of hydrogen-bond donors (Lipinski definition) is 1. The van der Waals surface area contributed by atoms with E-state index in [1.807, 2.05) is 26.0 Å². The molecule has 0 saturated heterocycles. The first-order valence-electron chi connectivity index (χ1n) is 7.26. The van der Waals surface area contributed by atoms with Gasteiger partial charge in [-0.1, -0.05) is 19.1 Å². The number of tetrazole rings is 1. The van der Waals surface area contributed by atoms with Gasteiger partial charge in [0.25, 0.3) is 0 Å². The Kier molecular flexibility index (Phi) is 3.98. The van der Waals surface area contributed by atoms with Gasteiger partial charge in [-0.15, -0.1) is 22.8 Å². The van der Waals surface area contributed by atoms with Crippen LogP contribution in [0, 0.1) is 0 Å². The lowest BCUT2D eigenvalue weighted by atomic mass is 10.1. The number of aromatic nitrogens is 6. The van der Waals surface area contributed by atoms with E-state index < -0.39 is 0 Å². The summed E-state index contributed by atoms with van der Waals surface area (Å²) in [4.78, 5) is 1.58. The van der Waals surface area contributed by atoms with Gasteiger partial charge in [0.1, 0.15) is 5.03 Å². The third kappa shape index (κ3) is 2.64. The van der Waals surface area contributed by atoms with Gasteiger partial charge in [-0.3, -0.25) is 0 Å². The van der Waals surface area contributed by atoms with Crippen LogP contribution in [-0.4, -0.2) is 30.0 Å². The monoisotopic (exact) mass is 314 g/mol. The fourth-order valence-electron chi connectivity index (χ4n) is 2.11. The molecule has 1 aromatic carbocycles. The number of benzene rings is 1. The van der Waals surface area contributed by atoms with Gasteiger partial charge in [0, 0.05) is 0 Å². The van der Waals surface area contributed by atoms with Gasteiger partial charge in [0.05, 0.1) is 23.5 Å². The van der Waals surface area contributed by atoms with Crippen LogP contribution in [0.2, 0.25) is 0 Å². The third-order valence-electron chi connectivity index (χ3n) is 3.46. The number of aryl methyl sites for hydroxylation is 1. The van der Waals surface area contributed by atoms with E-state index in [1.54, 1.807) is 15.7 Å². The highest BCUT2D eigenvalue weighted by atomic mass is 32.1.